The van der Waals surface area contributed by atoms with Crippen LogP contribution in [-0.2, 0) is 0 Å². The summed E-state index contributed by atoms with van der Waals surface area (Å²) in [4.78, 5) is 0. The molecule has 0 radical (unpaired) electrons. The maximum atomic E-state index is 3.83. The summed E-state index contributed by atoms with van der Waals surface area (Å²) in [7, 11) is 0. The number of nitrogens with zero attached hydrogens (tertiary/aromatic N) is 3. The lowest BCUT2D eigenvalue weighted by Gasteiger charge is -1.84. The van der Waals surface area contributed by atoms with Crippen LogP contribution in [0.3, 0.4) is 0 Å². The van der Waals surface area contributed by atoms with Gasteiger partial charge < -0.3 is 0 Å². The van der Waals surface area contributed by atoms with E-state index in [1.54, 1.807) is 6.33 Å². The van der Waals surface area contributed by atoms with Crippen LogP contribution in [0.25, 0.3) is 5.65 Å². The third-order valence-corrected chi connectivity index (χ3v) is 1.20. The zero-order chi connectivity index (χ0) is 8.10. The number of hydrogen-bond donors (Lipinski definition) is 0. The minimum absolute atomic E-state index is 0.887. The van der Waals surface area contributed by atoms with Crippen LogP contribution in [-0.4, -0.2) is 14.6 Å². The second kappa shape index (κ2) is 3.71. The van der Waals surface area contributed by atoms with Gasteiger partial charge in [-0.1, -0.05) is 19.9 Å². The van der Waals surface area contributed by atoms with Gasteiger partial charge in [-0.05, 0) is 12.1 Å². The Kier molecular flexibility index (Phi) is 2.60. The van der Waals surface area contributed by atoms with Gasteiger partial charge >= 0.3 is 0 Å². The van der Waals surface area contributed by atoms with Crippen molar-refractivity contribution in [1.82, 2.24) is 14.6 Å². The van der Waals surface area contributed by atoms with Crippen molar-refractivity contribution in [2.45, 2.75) is 13.8 Å². The van der Waals surface area contributed by atoms with E-state index in [1.807, 2.05) is 42.6 Å². The monoisotopic (exact) mass is 149 g/mol. The first-order valence-corrected chi connectivity index (χ1v) is 3.71. The molecule has 2 rings (SSSR count). The molecule has 2 aromatic heterocycles. The molecule has 0 spiro atoms. The quantitative estimate of drug-likeness (QED) is 0.571. The van der Waals surface area contributed by atoms with E-state index in [1.165, 1.54) is 0 Å². The molecular weight excluding hydrogens is 138 g/mol. The molecule has 2 heterocycles. The van der Waals surface area contributed by atoms with Crippen LogP contribution in [0, 0.1) is 0 Å². The number of fused-ring (bicyclic) bond motifs is 1. The van der Waals surface area contributed by atoms with E-state index in [0.717, 1.165) is 5.65 Å². The molecule has 0 aliphatic rings. The fourth-order valence-corrected chi connectivity index (χ4v) is 0.770. The Morgan fingerprint density at radius 3 is 2.82 bits per heavy atom. The molecule has 0 aromatic carbocycles. The fraction of sp³-hybridized carbons (Fsp3) is 0.250. The Balaban J connectivity index is 0.000000281. The molecule has 0 aliphatic heterocycles. The van der Waals surface area contributed by atoms with E-state index in [9.17, 15) is 0 Å². The first-order chi connectivity index (χ1) is 5.47. The van der Waals surface area contributed by atoms with Gasteiger partial charge in [0, 0.05) is 6.20 Å². The average molecular weight is 149 g/mol. The van der Waals surface area contributed by atoms with Gasteiger partial charge in [-0.3, -0.25) is 4.40 Å². The molecule has 11 heavy (non-hydrogen) atoms. The molecule has 0 aliphatic carbocycles. The van der Waals surface area contributed by atoms with Crippen molar-refractivity contribution in [1.29, 1.82) is 0 Å². The van der Waals surface area contributed by atoms with Gasteiger partial charge in [0.05, 0.1) is 0 Å². The van der Waals surface area contributed by atoms with Crippen LogP contribution < -0.4 is 0 Å². The minimum atomic E-state index is 0.887. The minimum Gasteiger partial charge on any atom is -0.289 e. The fourth-order valence-electron chi connectivity index (χ4n) is 0.770. The summed E-state index contributed by atoms with van der Waals surface area (Å²) in [5.41, 5.74) is 0.887. The van der Waals surface area contributed by atoms with Crippen molar-refractivity contribution < 1.29 is 0 Å². The van der Waals surface area contributed by atoms with E-state index in [4.69, 9.17) is 0 Å². The van der Waals surface area contributed by atoms with Gasteiger partial charge in [0.1, 0.15) is 6.33 Å². The first kappa shape index (κ1) is 7.72. The van der Waals surface area contributed by atoms with E-state index in [0.29, 0.717) is 0 Å². The van der Waals surface area contributed by atoms with Gasteiger partial charge in [-0.25, -0.2) is 0 Å². The molecule has 2 aromatic rings. The summed E-state index contributed by atoms with van der Waals surface area (Å²) in [5.74, 6) is 0. The Hall–Kier alpha value is -1.38. The standard InChI is InChI=1S/C6H5N3.C2H6/c1-2-4-9-5-7-8-6(9)3-1;1-2/h1-5H;1-2H3. The summed E-state index contributed by atoms with van der Waals surface area (Å²) in [6, 6.07) is 5.79. The van der Waals surface area contributed by atoms with E-state index < -0.39 is 0 Å². The van der Waals surface area contributed by atoms with E-state index >= 15 is 0 Å². The van der Waals surface area contributed by atoms with Crippen LogP contribution in [0.15, 0.2) is 30.7 Å². The SMILES string of the molecule is CC.c1ccn2cnnc2c1. The Bertz CT molecular complexity index is 283. The largest absolute Gasteiger partial charge is 0.289 e. The van der Waals surface area contributed by atoms with Crippen molar-refractivity contribution >= 4 is 5.65 Å². The Morgan fingerprint density at radius 2 is 2.09 bits per heavy atom. The third kappa shape index (κ3) is 1.55. The van der Waals surface area contributed by atoms with Crippen LogP contribution in [0.1, 0.15) is 13.8 Å². The first-order valence-electron chi connectivity index (χ1n) is 3.71. The number of rotatable bonds is 0. The van der Waals surface area contributed by atoms with Crippen LogP contribution >= 0.6 is 0 Å². The van der Waals surface area contributed by atoms with Crippen LogP contribution in [0.4, 0.5) is 0 Å². The number of hydrogen-bond acceptors (Lipinski definition) is 2. The molecule has 0 saturated carbocycles. The van der Waals surface area contributed by atoms with Crippen molar-refractivity contribution in [3.05, 3.63) is 30.7 Å². The highest BCUT2D eigenvalue weighted by Gasteiger charge is 1.87. The molecule has 0 fully saturated rings. The zero-order valence-corrected chi connectivity index (χ0v) is 6.73. The second-order valence-electron chi connectivity index (χ2n) is 1.80. The van der Waals surface area contributed by atoms with Gasteiger partial charge in [0.15, 0.2) is 5.65 Å². The average Bonchev–Trinajstić information content (AvgIpc) is 2.55. The van der Waals surface area contributed by atoms with Crippen molar-refractivity contribution in [3.8, 4) is 0 Å². The molecule has 0 atom stereocenters. The number of pyridine rings is 1. The summed E-state index contributed by atoms with van der Waals surface area (Å²) in [6.07, 6.45) is 3.59. The summed E-state index contributed by atoms with van der Waals surface area (Å²) in [5, 5.41) is 7.55. The highest BCUT2D eigenvalue weighted by atomic mass is 15.2. The Morgan fingerprint density at radius 1 is 1.27 bits per heavy atom. The molecule has 0 unspecified atom stereocenters. The molecule has 3 nitrogen and oxygen atoms in total. The lowest BCUT2D eigenvalue weighted by atomic mass is 10.5. The van der Waals surface area contributed by atoms with Crippen molar-refractivity contribution in [2.24, 2.45) is 0 Å². The second-order valence-corrected chi connectivity index (χ2v) is 1.80. The molecule has 0 N–H and O–H groups in total. The lowest BCUT2D eigenvalue weighted by Crippen LogP contribution is -1.77. The normalized spacial score (nSPS) is 8.91. The summed E-state index contributed by atoms with van der Waals surface area (Å²) in [6.45, 7) is 4.00. The maximum absolute atomic E-state index is 3.83. The molecule has 3 heteroatoms. The van der Waals surface area contributed by atoms with Gasteiger partial charge in [0.2, 0.25) is 0 Å². The molecule has 0 amide bonds. The maximum Gasteiger partial charge on any atom is 0.160 e. The summed E-state index contributed by atoms with van der Waals surface area (Å²) < 4.78 is 1.86. The third-order valence-electron chi connectivity index (χ3n) is 1.20. The van der Waals surface area contributed by atoms with Gasteiger partial charge in [-0.15, -0.1) is 10.2 Å². The topological polar surface area (TPSA) is 30.2 Å². The number of aromatic nitrogens is 3. The van der Waals surface area contributed by atoms with Crippen molar-refractivity contribution in [3.63, 3.8) is 0 Å². The molecular formula is C8H11N3. The van der Waals surface area contributed by atoms with Gasteiger partial charge in [0.25, 0.3) is 0 Å². The molecule has 0 saturated heterocycles. The Labute approximate surface area is 65.7 Å². The van der Waals surface area contributed by atoms with E-state index in [-0.39, 0.29) is 0 Å². The highest BCUT2D eigenvalue weighted by Crippen LogP contribution is 1.94. The van der Waals surface area contributed by atoms with Crippen LogP contribution in [0.2, 0.25) is 0 Å². The van der Waals surface area contributed by atoms with Crippen molar-refractivity contribution in [2.75, 3.05) is 0 Å². The lowest BCUT2D eigenvalue weighted by molar-refractivity contribution is 1.10. The zero-order valence-electron chi connectivity index (χ0n) is 6.73. The predicted octanol–water partition coefficient (Wildman–Crippen LogP) is 1.76. The van der Waals surface area contributed by atoms with E-state index in [2.05, 4.69) is 10.2 Å². The smallest absolute Gasteiger partial charge is 0.160 e. The summed E-state index contributed by atoms with van der Waals surface area (Å²) >= 11 is 0. The van der Waals surface area contributed by atoms with Gasteiger partial charge in [-0.2, -0.15) is 0 Å². The molecule has 58 valence electrons. The molecule has 0 bridgehead atoms. The van der Waals surface area contributed by atoms with Crippen LogP contribution in [0.5, 0.6) is 0 Å². The highest BCUT2D eigenvalue weighted by molar-refractivity contribution is 5.34. The predicted molar refractivity (Wildman–Crippen MR) is 44.3 cm³/mol.